The van der Waals surface area contributed by atoms with E-state index in [1.165, 1.54) is 12.4 Å². The van der Waals surface area contributed by atoms with E-state index in [1.807, 2.05) is 30.3 Å². The fraction of sp³-hybridized carbons (Fsp3) is 0.278. The normalized spacial score (nSPS) is 11.6. The Kier molecular flexibility index (Phi) is 5.50. The fourth-order valence-electron chi connectivity index (χ4n) is 2.74. The Balaban J connectivity index is 1.70. The van der Waals surface area contributed by atoms with Crippen LogP contribution in [0.15, 0.2) is 42.7 Å². The highest BCUT2D eigenvalue weighted by Crippen LogP contribution is 2.19. The molecule has 0 bridgehead atoms. The van der Waals surface area contributed by atoms with E-state index in [9.17, 15) is 18.0 Å². The van der Waals surface area contributed by atoms with Gasteiger partial charge in [-0.05, 0) is 26.0 Å². The first-order chi connectivity index (χ1) is 13.2. The third kappa shape index (κ3) is 4.58. The van der Waals surface area contributed by atoms with E-state index in [2.05, 4.69) is 20.3 Å². The molecule has 10 heteroatoms. The smallest absolute Gasteiger partial charge is 0.350 e. The molecule has 3 rings (SSSR count). The molecule has 0 aliphatic carbocycles. The van der Waals surface area contributed by atoms with Crippen LogP contribution in [0, 0.1) is 13.8 Å². The summed E-state index contributed by atoms with van der Waals surface area (Å²) < 4.78 is 43.7. The Bertz CT molecular complexity index is 964. The number of carbonyl (C=O) groups excluding carboxylic acids is 1. The van der Waals surface area contributed by atoms with Crippen molar-refractivity contribution in [2.75, 3.05) is 11.9 Å². The number of anilines is 1. The maximum Gasteiger partial charge on any atom is 0.411 e. The summed E-state index contributed by atoms with van der Waals surface area (Å²) in [5.41, 5.74) is 2.82. The molecule has 0 aliphatic heterocycles. The number of halogens is 3. The van der Waals surface area contributed by atoms with Crippen LogP contribution in [0.1, 0.15) is 21.7 Å². The molecule has 0 unspecified atom stereocenters. The summed E-state index contributed by atoms with van der Waals surface area (Å²) >= 11 is 0. The first-order valence-electron chi connectivity index (χ1n) is 8.34. The molecule has 1 N–H and O–H groups in total. The lowest BCUT2D eigenvalue weighted by Crippen LogP contribution is -2.18. The van der Waals surface area contributed by atoms with E-state index in [-0.39, 0.29) is 12.6 Å². The second-order valence-corrected chi connectivity index (χ2v) is 6.11. The Morgan fingerprint density at radius 2 is 1.93 bits per heavy atom. The molecular weight excluding hydrogens is 375 g/mol. The van der Waals surface area contributed by atoms with Crippen molar-refractivity contribution in [3.05, 3.63) is 59.7 Å². The van der Waals surface area contributed by atoms with Crippen molar-refractivity contribution < 1.29 is 22.7 Å². The van der Waals surface area contributed by atoms with Crippen molar-refractivity contribution in [2.45, 2.75) is 26.8 Å². The van der Waals surface area contributed by atoms with E-state index in [1.54, 1.807) is 18.5 Å². The van der Waals surface area contributed by atoms with Gasteiger partial charge in [-0.1, -0.05) is 18.2 Å². The third-order valence-electron chi connectivity index (χ3n) is 3.90. The van der Waals surface area contributed by atoms with E-state index < -0.39 is 12.8 Å². The predicted octanol–water partition coefficient (Wildman–Crippen LogP) is 3.47. The average molecular weight is 393 g/mol. The van der Waals surface area contributed by atoms with Crippen LogP contribution in [0.3, 0.4) is 0 Å². The van der Waals surface area contributed by atoms with Gasteiger partial charge in [-0.15, -0.1) is 0 Å². The van der Waals surface area contributed by atoms with Gasteiger partial charge in [-0.2, -0.15) is 23.4 Å². The quantitative estimate of drug-likeness (QED) is 0.696. The molecule has 7 nitrogen and oxygen atoms in total. The van der Waals surface area contributed by atoms with Gasteiger partial charge in [0.1, 0.15) is 13.3 Å². The first kappa shape index (κ1) is 19.6. The molecule has 0 spiro atoms. The number of ether oxygens (including phenoxy) is 1. The number of amides is 1. The second-order valence-electron chi connectivity index (χ2n) is 6.11. The second kappa shape index (κ2) is 7.85. The van der Waals surface area contributed by atoms with Crippen LogP contribution < -0.4 is 5.32 Å². The monoisotopic (exact) mass is 393 g/mol. The van der Waals surface area contributed by atoms with Gasteiger partial charge in [-0.3, -0.25) is 4.79 Å². The first-order valence-corrected chi connectivity index (χ1v) is 8.34. The minimum atomic E-state index is -4.40. The highest BCUT2D eigenvalue weighted by molar-refractivity contribution is 6.05. The zero-order chi connectivity index (χ0) is 20.3. The molecule has 0 fully saturated rings. The number of rotatable bonds is 6. The minimum absolute atomic E-state index is 0.340. The van der Waals surface area contributed by atoms with Crippen LogP contribution in [0.5, 0.6) is 0 Å². The highest BCUT2D eigenvalue weighted by Gasteiger charge is 2.27. The number of carbonyl (C=O) groups is 1. The Morgan fingerprint density at radius 1 is 1.21 bits per heavy atom. The Labute approximate surface area is 158 Å². The summed E-state index contributed by atoms with van der Waals surface area (Å²) in [7, 11) is 0. The molecule has 0 saturated heterocycles. The van der Waals surface area contributed by atoms with Gasteiger partial charge in [0.25, 0.3) is 5.91 Å². The standard InChI is InChI=1S/C18H18F3N5O2/c1-12-16(13(2)26(24-12)15-6-4-3-5-7-15)17(27)23-14-8-22-25(9-14)11-28-10-18(19,20)21/h3-9H,10-11H2,1-2H3,(H,23,27). The van der Waals surface area contributed by atoms with E-state index in [0.717, 1.165) is 10.4 Å². The number of nitrogens with zero attached hydrogens (tertiary/aromatic N) is 4. The lowest BCUT2D eigenvalue weighted by atomic mass is 10.2. The zero-order valence-electron chi connectivity index (χ0n) is 15.2. The van der Waals surface area contributed by atoms with E-state index in [4.69, 9.17) is 0 Å². The maximum atomic E-state index is 12.7. The van der Waals surface area contributed by atoms with E-state index >= 15 is 0 Å². The van der Waals surface area contributed by atoms with Crippen molar-refractivity contribution in [1.29, 1.82) is 0 Å². The largest absolute Gasteiger partial charge is 0.411 e. The molecule has 2 aromatic heterocycles. The number of benzene rings is 1. The topological polar surface area (TPSA) is 74.0 Å². The Morgan fingerprint density at radius 3 is 2.61 bits per heavy atom. The van der Waals surface area contributed by atoms with Crippen LogP contribution in [0.2, 0.25) is 0 Å². The molecular formula is C18H18F3N5O2. The number of aromatic nitrogens is 4. The van der Waals surface area contributed by atoms with Crippen LogP contribution in [-0.4, -0.2) is 38.3 Å². The van der Waals surface area contributed by atoms with Crippen LogP contribution in [-0.2, 0) is 11.5 Å². The van der Waals surface area contributed by atoms with Crippen LogP contribution >= 0.6 is 0 Å². The van der Waals surface area contributed by atoms with Gasteiger partial charge in [0.2, 0.25) is 0 Å². The summed E-state index contributed by atoms with van der Waals surface area (Å²) in [6, 6.07) is 9.40. The van der Waals surface area contributed by atoms with Gasteiger partial charge in [0, 0.05) is 0 Å². The molecule has 148 valence electrons. The van der Waals surface area contributed by atoms with Gasteiger partial charge >= 0.3 is 6.18 Å². The van der Waals surface area contributed by atoms with Crippen molar-refractivity contribution in [3.63, 3.8) is 0 Å². The van der Waals surface area contributed by atoms with Crippen LogP contribution in [0.4, 0.5) is 18.9 Å². The maximum absolute atomic E-state index is 12.7. The molecule has 1 amide bonds. The lowest BCUT2D eigenvalue weighted by molar-refractivity contribution is -0.182. The number of hydrogen-bond donors (Lipinski definition) is 1. The molecule has 1 aromatic carbocycles. The number of aryl methyl sites for hydroxylation is 1. The molecule has 0 radical (unpaired) electrons. The summed E-state index contributed by atoms with van der Waals surface area (Å²) in [6.07, 6.45) is -1.68. The SMILES string of the molecule is Cc1nn(-c2ccccc2)c(C)c1C(=O)Nc1cnn(COCC(F)(F)F)c1. The van der Waals surface area contributed by atoms with Gasteiger partial charge in [0.15, 0.2) is 0 Å². The van der Waals surface area contributed by atoms with Crippen LogP contribution in [0.25, 0.3) is 5.69 Å². The molecule has 28 heavy (non-hydrogen) atoms. The minimum Gasteiger partial charge on any atom is -0.350 e. The van der Waals surface area contributed by atoms with Crippen molar-refractivity contribution in [3.8, 4) is 5.69 Å². The average Bonchev–Trinajstić information content (AvgIpc) is 3.18. The van der Waals surface area contributed by atoms with Gasteiger partial charge in [-0.25, -0.2) is 9.36 Å². The number of para-hydroxylation sites is 1. The lowest BCUT2D eigenvalue weighted by Gasteiger charge is -2.07. The summed E-state index contributed by atoms with van der Waals surface area (Å²) in [5.74, 6) is -0.382. The molecule has 0 aliphatic rings. The third-order valence-corrected chi connectivity index (χ3v) is 3.90. The molecule has 2 heterocycles. The highest BCUT2D eigenvalue weighted by atomic mass is 19.4. The summed E-state index contributed by atoms with van der Waals surface area (Å²) in [6.45, 7) is 1.77. The fourth-order valence-corrected chi connectivity index (χ4v) is 2.74. The number of hydrogen-bond acceptors (Lipinski definition) is 4. The zero-order valence-corrected chi connectivity index (χ0v) is 15.2. The van der Waals surface area contributed by atoms with E-state index in [0.29, 0.717) is 22.6 Å². The summed E-state index contributed by atoms with van der Waals surface area (Å²) in [5, 5.41) is 11.0. The summed E-state index contributed by atoms with van der Waals surface area (Å²) in [4.78, 5) is 12.7. The van der Waals surface area contributed by atoms with Gasteiger partial charge < -0.3 is 10.1 Å². The molecule has 3 aromatic rings. The van der Waals surface area contributed by atoms with Crippen molar-refractivity contribution in [2.24, 2.45) is 0 Å². The predicted molar refractivity (Wildman–Crippen MR) is 95.2 cm³/mol. The Hall–Kier alpha value is -3.14. The number of alkyl halides is 3. The number of nitrogens with one attached hydrogen (secondary N) is 1. The van der Waals surface area contributed by atoms with Gasteiger partial charge in [0.05, 0.1) is 40.7 Å². The molecule has 0 atom stereocenters. The van der Waals surface area contributed by atoms with Crippen molar-refractivity contribution in [1.82, 2.24) is 19.6 Å². The molecule has 0 saturated carbocycles. The van der Waals surface area contributed by atoms with Crippen molar-refractivity contribution >= 4 is 11.6 Å².